The van der Waals surface area contributed by atoms with Gasteiger partial charge in [-0.25, -0.2) is 8.78 Å². The third-order valence-corrected chi connectivity index (χ3v) is 4.30. The zero-order valence-electron chi connectivity index (χ0n) is 11.9. The summed E-state index contributed by atoms with van der Waals surface area (Å²) in [4.78, 5) is 0. The summed E-state index contributed by atoms with van der Waals surface area (Å²) in [5.74, 6) is 1.19. The molecule has 0 amide bonds. The average Bonchev–Trinajstić information content (AvgIpc) is 2.34. The minimum atomic E-state index is -0.761. The van der Waals surface area contributed by atoms with Crippen LogP contribution in [0.25, 0.3) is 0 Å². The molecule has 1 aromatic carbocycles. The van der Waals surface area contributed by atoms with E-state index in [1.54, 1.807) is 12.1 Å². The predicted octanol–water partition coefficient (Wildman–Crippen LogP) is 3.87. The molecular weight excluding hydrogens is 264 g/mol. The third kappa shape index (κ3) is 5.91. The van der Waals surface area contributed by atoms with Crippen molar-refractivity contribution in [3.8, 4) is 0 Å². The quantitative estimate of drug-likeness (QED) is 0.779. The smallest absolute Gasteiger partial charge is 0.162 e. The van der Waals surface area contributed by atoms with Crippen molar-refractivity contribution in [1.29, 1.82) is 0 Å². The zero-order chi connectivity index (χ0) is 14.3. The van der Waals surface area contributed by atoms with Crippen LogP contribution in [0.2, 0.25) is 0 Å². The van der Waals surface area contributed by atoms with E-state index < -0.39 is 11.6 Å². The molecule has 0 bridgehead atoms. The van der Waals surface area contributed by atoms with Crippen LogP contribution in [0.5, 0.6) is 0 Å². The Balaban J connectivity index is 2.59. The third-order valence-electron chi connectivity index (χ3n) is 2.76. The molecule has 4 heteroatoms. The van der Waals surface area contributed by atoms with Gasteiger partial charge in [-0.1, -0.05) is 32.9 Å². The number of thioether (sulfide) groups is 1. The Labute approximate surface area is 119 Å². The number of benzene rings is 1. The molecule has 0 aliphatic carbocycles. The molecule has 0 heterocycles. The summed E-state index contributed by atoms with van der Waals surface area (Å²) in [6.45, 7) is 7.23. The summed E-state index contributed by atoms with van der Waals surface area (Å²) in [5.41, 5.74) is 0.455. The predicted molar refractivity (Wildman–Crippen MR) is 79.7 cm³/mol. The van der Waals surface area contributed by atoms with Gasteiger partial charge in [0.05, 0.1) is 0 Å². The fourth-order valence-electron chi connectivity index (χ4n) is 1.90. The number of halogens is 2. The lowest BCUT2D eigenvalue weighted by Crippen LogP contribution is -2.33. The molecule has 108 valence electrons. The van der Waals surface area contributed by atoms with Crippen LogP contribution in [-0.2, 0) is 6.42 Å². The van der Waals surface area contributed by atoms with Gasteiger partial charge < -0.3 is 5.32 Å². The minimum absolute atomic E-state index is 0.185. The molecule has 0 saturated heterocycles. The first kappa shape index (κ1) is 16.4. The van der Waals surface area contributed by atoms with Crippen molar-refractivity contribution in [3.05, 3.63) is 35.4 Å². The van der Waals surface area contributed by atoms with E-state index in [2.05, 4.69) is 19.2 Å². The van der Waals surface area contributed by atoms with Crippen molar-refractivity contribution in [2.75, 3.05) is 18.1 Å². The molecule has 1 unspecified atom stereocenters. The van der Waals surface area contributed by atoms with Gasteiger partial charge in [0.15, 0.2) is 11.6 Å². The molecule has 0 radical (unpaired) electrons. The summed E-state index contributed by atoms with van der Waals surface area (Å²) >= 11 is 1.86. The molecule has 19 heavy (non-hydrogen) atoms. The van der Waals surface area contributed by atoms with Crippen molar-refractivity contribution in [1.82, 2.24) is 5.32 Å². The Hall–Kier alpha value is -0.610. The fraction of sp³-hybridized carbons (Fsp3) is 0.600. The van der Waals surface area contributed by atoms with Crippen LogP contribution in [0.1, 0.15) is 26.3 Å². The largest absolute Gasteiger partial charge is 0.313 e. The van der Waals surface area contributed by atoms with Crippen LogP contribution in [0.15, 0.2) is 18.2 Å². The van der Waals surface area contributed by atoms with Crippen molar-refractivity contribution in [2.45, 2.75) is 33.2 Å². The molecule has 0 aliphatic rings. The second kappa shape index (κ2) is 8.54. The van der Waals surface area contributed by atoms with E-state index in [1.165, 1.54) is 0 Å². The maximum Gasteiger partial charge on any atom is 0.162 e. The van der Waals surface area contributed by atoms with Gasteiger partial charge in [0.1, 0.15) is 0 Å². The first-order valence-electron chi connectivity index (χ1n) is 6.78. The number of nitrogens with one attached hydrogen (secondary N) is 1. The van der Waals surface area contributed by atoms with Gasteiger partial charge in [-0.05, 0) is 36.3 Å². The van der Waals surface area contributed by atoms with Crippen molar-refractivity contribution in [2.24, 2.45) is 5.92 Å². The number of likely N-dealkylation sites (N-methyl/N-ethyl adjacent to an activating group) is 1. The van der Waals surface area contributed by atoms with Gasteiger partial charge in [-0.2, -0.15) is 11.8 Å². The van der Waals surface area contributed by atoms with Gasteiger partial charge in [-0.3, -0.25) is 0 Å². The maximum absolute atomic E-state index is 13.6. The zero-order valence-corrected chi connectivity index (χ0v) is 12.7. The molecule has 0 fully saturated rings. The Kier molecular flexibility index (Phi) is 7.39. The first-order chi connectivity index (χ1) is 9.04. The maximum atomic E-state index is 13.6. The molecule has 1 nitrogen and oxygen atoms in total. The Morgan fingerprint density at radius 2 is 1.95 bits per heavy atom. The molecule has 0 aromatic heterocycles. The lowest BCUT2D eigenvalue weighted by Gasteiger charge is -2.18. The number of hydrogen-bond donors (Lipinski definition) is 1. The molecule has 1 atom stereocenters. The second-order valence-corrected chi connectivity index (χ2v) is 6.18. The van der Waals surface area contributed by atoms with Crippen molar-refractivity contribution in [3.63, 3.8) is 0 Å². The molecule has 0 spiro atoms. The van der Waals surface area contributed by atoms with E-state index in [0.29, 0.717) is 17.9 Å². The van der Waals surface area contributed by atoms with Crippen molar-refractivity contribution < 1.29 is 8.78 Å². The van der Waals surface area contributed by atoms with Crippen molar-refractivity contribution >= 4 is 11.8 Å². The monoisotopic (exact) mass is 287 g/mol. The van der Waals surface area contributed by atoms with Gasteiger partial charge >= 0.3 is 0 Å². The van der Waals surface area contributed by atoms with E-state index in [1.807, 2.05) is 18.7 Å². The number of rotatable bonds is 8. The van der Waals surface area contributed by atoms with Crippen LogP contribution in [-0.4, -0.2) is 24.1 Å². The van der Waals surface area contributed by atoms with Crippen LogP contribution < -0.4 is 5.32 Å². The number of hydrogen-bond acceptors (Lipinski definition) is 2. The van der Waals surface area contributed by atoms with E-state index in [9.17, 15) is 8.78 Å². The van der Waals surface area contributed by atoms with Gasteiger partial charge in [0, 0.05) is 11.8 Å². The Morgan fingerprint density at radius 3 is 2.58 bits per heavy atom. The Bertz CT molecular complexity index is 382. The minimum Gasteiger partial charge on any atom is -0.313 e. The van der Waals surface area contributed by atoms with Crippen LogP contribution in [0, 0.1) is 17.6 Å². The van der Waals surface area contributed by atoms with Crippen LogP contribution >= 0.6 is 11.8 Å². The van der Waals surface area contributed by atoms with Gasteiger partial charge in [0.2, 0.25) is 0 Å². The Morgan fingerprint density at radius 1 is 1.21 bits per heavy atom. The van der Waals surface area contributed by atoms with Gasteiger partial charge in [0.25, 0.3) is 0 Å². The average molecular weight is 287 g/mol. The van der Waals surface area contributed by atoms with E-state index in [4.69, 9.17) is 0 Å². The van der Waals surface area contributed by atoms with E-state index in [-0.39, 0.29) is 6.04 Å². The van der Waals surface area contributed by atoms with E-state index in [0.717, 1.165) is 24.1 Å². The first-order valence-corrected chi connectivity index (χ1v) is 7.94. The van der Waals surface area contributed by atoms with E-state index >= 15 is 0 Å². The molecular formula is C15H23F2NS. The molecule has 0 aliphatic heterocycles. The highest BCUT2D eigenvalue weighted by molar-refractivity contribution is 7.99. The normalized spacial score (nSPS) is 12.9. The van der Waals surface area contributed by atoms with Crippen LogP contribution in [0.4, 0.5) is 8.78 Å². The summed E-state index contributed by atoms with van der Waals surface area (Å²) in [6, 6.07) is 4.58. The SMILES string of the molecule is CCNC(CSCC(C)C)Cc1cccc(F)c1F. The highest BCUT2D eigenvalue weighted by atomic mass is 32.2. The summed E-state index contributed by atoms with van der Waals surface area (Å²) in [5, 5.41) is 3.34. The van der Waals surface area contributed by atoms with Gasteiger partial charge in [-0.15, -0.1) is 0 Å². The molecule has 1 aromatic rings. The molecule has 1 rings (SSSR count). The summed E-state index contributed by atoms with van der Waals surface area (Å²) < 4.78 is 26.8. The molecule has 1 N–H and O–H groups in total. The summed E-state index contributed by atoms with van der Waals surface area (Å²) in [6.07, 6.45) is 0.530. The summed E-state index contributed by atoms with van der Waals surface area (Å²) in [7, 11) is 0. The highest BCUT2D eigenvalue weighted by Crippen LogP contribution is 2.16. The lowest BCUT2D eigenvalue weighted by atomic mass is 10.1. The second-order valence-electron chi connectivity index (χ2n) is 5.10. The topological polar surface area (TPSA) is 12.0 Å². The standard InChI is InChI=1S/C15H23F2NS/c1-4-18-13(10-19-9-11(2)3)8-12-6-5-7-14(16)15(12)17/h5-7,11,13,18H,4,8-10H2,1-3H3. The highest BCUT2D eigenvalue weighted by Gasteiger charge is 2.14. The lowest BCUT2D eigenvalue weighted by molar-refractivity contribution is 0.486. The fourth-order valence-corrected chi connectivity index (χ4v) is 3.02. The van der Waals surface area contributed by atoms with Crippen LogP contribution in [0.3, 0.4) is 0 Å². The molecule has 0 saturated carbocycles.